The number of thiazole rings is 1. The average Bonchev–Trinajstić information content (AvgIpc) is 3.64. The van der Waals surface area contributed by atoms with Crippen molar-refractivity contribution in [3.63, 3.8) is 0 Å². The van der Waals surface area contributed by atoms with E-state index >= 15 is 0 Å². The van der Waals surface area contributed by atoms with Crippen molar-refractivity contribution in [3.8, 4) is 11.3 Å². The van der Waals surface area contributed by atoms with Crippen molar-refractivity contribution in [1.29, 1.82) is 0 Å². The minimum Gasteiger partial charge on any atom is -0.543 e. The summed E-state index contributed by atoms with van der Waals surface area (Å²) in [6, 6.07) is 2.72. The van der Waals surface area contributed by atoms with Gasteiger partial charge in [0.1, 0.15) is 25.1 Å². The van der Waals surface area contributed by atoms with Gasteiger partial charge in [-0.3, -0.25) is 24.4 Å². The van der Waals surface area contributed by atoms with E-state index in [1.807, 2.05) is 46.6 Å². The van der Waals surface area contributed by atoms with Crippen molar-refractivity contribution in [3.05, 3.63) is 46.3 Å². The minimum atomic E-state index is -4.68. The van der Waals surface area contributed by atoms with Gasteiger partial charge in [0.2, 0.25) is 16.7 Å². The Kier molecular flexibility index (Phi) is 13.2. The van der Waals surface area contributed by atoms with E-state index in [9.17, 15) is 24.1 Å². The highest BCUT2D eigenvalue weighted by Gasteiger charge is 2.53. The second kappa shape index (κ2) is 16.4. The number of nitrogens with one attached hydrogen (secondary N) is 2. The molecule has 258 valence electrons. The Labute approximate surface area is 287 Å². The van der Waals surface area contributed by atoms with Gasteiger partial charge >= 0.3 is 7.75 Å². The zero-order chi connectivity index (χ0) is 34.5. The summed E-state index contributed by atoms with van der Waals surface area (Å²) >= 11 is 4.31. The van der Waals surface area contributed by atoms with Crippen LogP contribution >= 0.6 is 54.1 Å². The van der Waals surface area contributed by atoms with Crippen molar-refractivity contribution >= 4 is 88.7 Å². The molecule has 2 aliphatic rings. The standard InChI is InChI=1S/C22H21N8O8PS4.C2H4O2.H2O/c1-3-38-26-13(16-25-21(43-28-16)27-39(35,36)37)17(31)24-14-18(32)30-15(20(33)34)12(9-40-19(14)30)42-22-23-11(8-41-22)10-4-6-29(2)7-5-10;1-2(3)4;/h4-8,14,19H,3,9H2,1-2H3,(H4-,24,25,27,28,31,33,34,35,36,37);1H3,(H,3,4);1H2/b26-13-;;. The van der Waals surface area contributed by atoms with E-state index in [1.54, 1.807) is 6.92 Å². The van der Waals surface area contributed by atoms with Crippen molar-refractivity contribution in [2.24, 2.45) is 12.2 Å². The molecule has 0 saturated carbocycles. The van der Waals surface area contributed by atoms with Crippen LogP contribution in [0.5, 0.6) is 0 Å². The number of fused-ring (bicyclic) bond motifs is 1. The molecule has 3 aromatic rings. The molecule has 0 radical (unpaired) electrons. The fourth-order valence-corrected chi connectivity index (χ4v) is 8.59. The molecule has 1 saturated heterocycles. The van der Waals surface area contributed by atoms with Gasteiger partial charge in [-0.1, -0.05) is 16.9 Å². The Hall–Kier alpha value is -3.96. The van der Waals surface area contributed by atoms with E-state index < -0.39 is 48.6 Å². The van der Waals surface area contributed by atoms with Gasteiger partial charge in [0, 0.05) is 52.2 Å². The maximum Gasteiger partial charge on any atom is 0.429 e. The average molecular weight is 763 g/mol. The number of β-lactam (4-membered cyclic amide) rings is 1. The first kappa shape index (κ1) is 38.5. The number of oxime groups is 1. The van der Waals surface area contributed by atoms with E-state index in [0.29, 0.717) is 20.8 Å². The van der Waals surface area contributed by atoms with Crippen LogP contribution in [0.15, 0.2) is 50.0 Å². The van der Waals surface area contributed by atoms with Gasteiger partial charge in [0.05, 0.1) is 17.4 Å². The first-order valence-corrected chi connectivity index (χ1v) is 18.2. The molecule has 19 nitrogen and oxygen atoms in total. The molecule has 48 heavy (non-hydrogen) atoms. The molecular formula is C24H27N8O11PS4. The number of aryl methyl sites for hydroxylation is 1. The Morgan fingerprint density at radius 2 is 1.94 bits per heavy atom. The predicted octanol–water partition coefficient (Wildman–Crippen LogP) is -0.849. The van der Waals surface area contributed by atoms with E-state index in [-0.39, 0.29) is 34.5 Å². The number of hydrogen-bond acceptors (Lipinski definition) is 15. The highest BCUT2D eigenvalue weighted by molar-refractivity contribution is 8.07. The molecule has 5 rings (SSSR count). The molecule has 2 aliphatic heterocycles. The third kappa shape index (κ3) is 9.56. The van der Waals surface area contributed by atoms with E-state index in [2.05, 4.69) is 24.8 Å². The molecule has 2 atom stereocenters. The summed E-state index contributed by atoms with van der Waals surface area (Å²) in [6.07, 6.45) is 3.78. The van der Waals surface area contributed by atoms with Crippen LogP contribution in [0.4, 0.5) is 5.13 Å². The van der Waals surface area contributed by atoms with Crippen LogP contribution in [0.25, 0.3) is 11.3 Å². The number of aromatic nitrogens is 4. The van der Waals surface area contributed by atoms with E-state index in [0.717, 1.165) is 34.8 Å². The molecule has 2 amide bonds. The molecule has 3 aromatic heterocycles. The number of anilines is 1. The van der Waals surface area contributed by atoms with Crippen LogP contribution in [-0.4, -0.2) is 92.9 Å². The molecule has 0 aromatic carbocycles. The number of aliphatic carboxylic acids is 2. The number of nitrogens with zero attached hydrogens (tertiary/aromatic N) is 6. The lowest BCUT2D eigenvalue weighted by Gasteiger charge is -2.50. The van der Waals surface area contributed by atoms with E-state index in [4.69, 9.17) is 24.5 Å². The number of hydrogen-bond donors (Lipinski definition) is 5. The molecule has 0 spiro atoms. The Balaban J connectivity index is 0.00000118. The zero-order valence-electron chi connectivity index (χ0n) is 24.9. The lowest BCUT2D eigenvalue weighted by atomic mass is 10.0. The summed E-state index contributed by atoms with van der Waals surface area (Å²) in [5.41, 5.74) is 0.906. The first-order valence-electron chi connectivity index (χ1n) is 13.0. The van der Waals surface area contributed by atoms with Crippen LogP contribution < -0.4 is 20.1 Å². The Bertz CT molecular complexity index is 1790. The van der Waals surface area contributed by atoms with Gasteiger partial charge < -0.3 is 40.4 Å². The molecule has 0 aliphatic carbocycles. The zero-order valence-corrected chi connectivity index (χ0v) is 29.1. The quantitative estimate of drug-likeness (QED) is 0.0523. The second-order valence-electron chi connectivity index (χ2n) is 9.23. The van der Waals surface area contributed by atoms with Gasteiger partial charge in [-0.05, 0) is 6.92 Å². The predicted molar refractivity (Wildman–Crippen MR) is 172 cm³/mol. The summed E-state index contributed by atoms with van der Waals surface area (Å²) < 4.78 is 17.6. The van der Waals surface area contributed by atoms with Gasteiger partial charge in [-0.2, -0.15) is 9.36 Å². The smallest absolute Gasteiger partial charge is 0.429 e. The van der Waals surface area contributed by atoms with Crippen molar-refractivity contribution in [1.82, 2.24) is 24.6 Å². The summed E-state index contributed by atoms with van der Waals surface area (Å²) in [4.78, 5) is 80.5. The van der Waals surface area contributed by atoms with E-state index in [1.165, 1.54) is 23.1 Å². The van der Waals surface area contributed by atoms with Gasteiger partial charge in [0.25, 0.3) is 17.8 Å². The summed E-state index contributed by atoms with van der Waals surface area (Å²) in [5, 5.41) is 28.5. The topological polar surface area (TPSA) is 292 Å². The molecule has 5 heterocycles. The Morgan fingerprint density at radius 1 is 1.27 bits per heavy atom. The lowest BCUT2D eigenvalue weighted by molar-refractivity contribution is -0.671. The summed E-state index contributed by atoms with van der Waals surface area (Å²) in [5.74, 6) is -4.03. The van der Waals surface area contributed by atoms with Crippen molar-refractivity contribution < 1.29 is 58.6 Å². The van der Waals surface area contributed by atoms with Crippen LogP contribution in [0.1, 0.15) is 19.7 Å². The monoisotopic (exact) mass is 762 g/mol. The van der Waals surface area contributed by atoms with Crippen molar-refractivity contribution in [2.45, 2.75) is 29.6 Å². The van der Waals surface area contributed by atoms with Crippen LogP contribution in [0.3, 0.4) is 0 Å². The Morgan fingerprint density at radius 3 is 2.54 bits per heavy atom. The molecular weight excluding hydrogens is 736 g/mol. The maximum atomic E-state index is 13.1. The van der Waals surface area contributed by atoms with Crippen LogP contribution in [0, 0.1) is 0 Å². The first-order chi connectivity index (χ1) is 22.2. The fraction of sp³-hybridized carbons (Fsp3) is 0.292. The molecule has 1 fully saturated rings. The van der Waals surface area contributed by atoms with Gasteiger partial charge in [-0.15, -0.1) is 23.1 Å². The number of amides is 2. The largest absolute Gasteiger partial charge is 0.543 e. The summed E-state index contributed by atoms with van der Waals surface area (Å²) in [7, 11) is -2.78. The SMILES string of the molecule is CC(=O)O.CCO/N=C(\C(=O)NC1C(=O)N2C(C(=O)[O-])=C(Sc3nc(-c4cc[n+](C)cc4)cs3)CSC12)c1nsc(NP(=O)(O)O)n1.O. The molecule has 24 heteroatoms. The third-order valence-electron chi connectivity index (χ3n) is 5.76. The van der Waals surface area contributed by atoms with Gasteiger partial charge in [-0.25, -0.2) is 14.1 Å². The molecule has 2 unspecified atom stereocenters. The number of pyridine rings is 1. The van der Waals surface area contributed by atoms with Crippen molar-refractivity contribution in [2.75, 3.05) is 17.4 Å². The highest BCUT2D eigenvalue weighted by Crippen LogP contribution is 2.45. The highest BCUT2D eigenvalue weighted by atomic mass is 32.2. The number of carboxylic acids is 2. The number of rotatable bonds is 11. The third-order valence-corrected chi connectivity index (χ3v) is 10.5. The lowest BCUT2D eigenvalue weighted by Crippen LogP contribution is -2.71. The van der Waals surface area contributed by atoms with Gasteiger partial charge in [0.15, 0.2) is 16.7 Å². The van der Waals surface area contributed by atoms with Crippen LogP contribution in [0.2, 0.25) is 0 Å². The van der Waals surface area contributed by atoms with Crippen LogP contribution in [-0.2, 0) is 35.6 Å². The number of carboxylic acid groups (broad SMARTS) is 2. The number of thioether (sulfide) groups is 2. The molecule has 0 bridgehead atoms. The normalized spacial score (nSPS) is 17.2. The molecule has 7 N–H and O–H groups in total. The second-order valence-corrected chi connectivity index (χ2v) is 14.6. The number of carbonyl (C=O) groups is 4. The fourth-order valence-electron chi connectivity index (χ4n) is 3.89. The maximum absolute atomic E-state index is 13.1. The minimum absolute atomic E-state index is 0. The summed E-state index contributed by atoms with van der Waals surface area (Å²) in [6.45, 7) is 2.77. The number of carbonyl (C=O) groups excluding carboxylic acids is 3.